The molecule has 0 spiro atoms. The predicted molar refractivity (Wildman–Crippen MR) is 89.1 cm³/mol. The number of rotatable bonds is 3. The van der Waals surface area contributed by atoms with Crippen molar-refractivity contribution in [2.24, 2.45) is 0 Å². The van der Waals surface area contributed by atoms with Gasteiger partial charge in [-0.25, -0.2) is 4.79 Å². The molecule has 0 radical (unpaired) electrons. The van der Waals surface area contributed by atoms with Gasteiger partial charge < -0.3 is 15.5 Å². The molecule has 2 fully saturated rings. The summed E-state index contributed by atoms with van der Waals surface area (Å²) in [5.41, 5.74) is 1.17. The fourth-order valence-corrected chi connectivity index (χ4v) is 3.50. The summed E-state index contributed by atoms with van der Waals surface area (Å²) in [7, 11) is 0. The van der Waals surface area contributed by atoms with Crippen LogP contribution in [-0.2, 0) is 11.2 Å². The zero-order chi connectivity index (χ0) is 16.1. The number of carbonyl (C=O) groups is 2. The topological polar surface area (TPSA) is 61.4 Å². The Morgan fingerprint density at radius 1 is 1.17 bits per heavy atom. The second-order valence-electron chi connectivity index (χ2n) is 6.62. The highest BCUT2D eigenvalue weighted by Crippen LogP contribution is 2.18. The van der Waals surface area contributed by atoms with Gasteiger partial charge in [0.05, 0.1) is 6.04 Å². The molecule has 3 rings (SSSR count). The Bertz CT molecular complexity index is 540. The molecule has 0 bridgehead atoms. The smallest absolute Gasteiger partial charge is 0.318 e. The zero-order valence-electron chi connectivity index (χ0n) is 13.5. The number of urea groups is 1. The van der Waals surface area contributed by atoms with Crippen molar-refractivity contribution in [3.63, 3.8) is 0 Å². The van der Waals surface area contributed by atoms with Crippen LogP contribution in [0.4, 0.5) is 4.79 Å². The molecule has 1 aromatic rings. The second kappa shape index (κ2) is 7.49. The fourth-order valence-electron chi connectivity index (χ4n) is 3.50. The number of nitrogens with zero attached hydrogens (tertiary/aromatic N) is 1. The minimum atomic E-state index is -0.0928. The van der Waals surface area contributed by atoms with E-state index in [2.05, 4.69) is 10.6 Å². The lowest BCUT2D eigenvalue weighted by Crippen LogP contribution is -2.59. The first kappa shape index (κ1) is 15.8. The highest BCUT2D eigenvalue weighted by atomic mass is 16.2. The summed E-state index contributed by atoms with van der Waals surface area (Å²) in [4.78, 5) is 26.0. The number of nitrogens with one attached hydrogen (secondary N) is 2. The molecule has 2 N–H and O–H groups in total. The van der Waals surface area contributed by atoms with E-state index in [9.17, 15) is 9.59 Å². The molecule has 2 aliphatic rings. The average Bonchev–Trinajstić information content (AvgIpc) is 2.56. The molecule has 5 nitrogen and oxygen atoms in total. The van der Waals surface area contributed by atoms with Crippen molar-refractivity contribution in [2.75, 3.05) is 13.1 Å². The van der Waals surface area contributed by atoms with Crippen molar-refractivity contribution in [2.45, 2.75) is 50.6 Å². The van der Waals surface area contributed by atoms with Gasteiger partial charge in [-0.15, -0.1) is 0 Å². The SMILES string of the molecule is O=C1CN(C(=O)NC2CCCCC2)C[C@H](Cc2ccccc2)N1. The summed E-state index contributed by atoms with van der Waals surface area (Å²) >= 11 is 0. The van der Waals surface area contributed by atoms with E-state index >= 15 is 0 Å². The van der Waals surface area contributed by atoms with Gasteiger partial charge in [-0.3, -0.25) is 4.79 Å². The van der Waals surface area contributed by atoms with E-state index < -0.39 is 0 Å². The van der Waals surface area contributed by atoms with Gasteiger partial charge in [-0.05, 0) is 24.8 Å². The van der Waals surface area contributed by atoms with Gasteiger partial charge >= 0.3 is 6.03 Å². The van der Waals surface area contributed by atoms with Crippen LogP contribution in [-0.4, -0.2) is 42.0 Å². The van der Waals surface area contributed by atoms with Crippen LogP contribution < -0.4 is 10.6 Å². The van der Waals surface area contributed by atoms with Gasteiger partial charge in [0, 0.05) is 12.6 Å². The molecule has 1 aliphatic heterocycles. The number of benzene rings is 1. The molecule has 3 amide bonds. The van der Waals surface area contributed by atoms with Crippen molar-refractivity contribution >= 4 is 11.9 Å². The van der Waals surface area contributed by atoms with Crippen LogP contribution in [0.1, 0.15) is 37.7 Å². The minimum absolute atomic E-state index is 0.0178. The quantitative estimate of drug-likeness (QED) is 0.897. The maximum absolute atomic E-state index is 12.4. The Labute approximate surface area is 137 Å². The van der Waals surface area contributed by atoms with Crippen LogP contribution in [0.3, 0.4) is 0 Å². The Balaban J connectivity index is 1.56. The van der Waals surface area contributed by atoms with Crippen LogP contribution in [0.25, 0.3) is 0 Å². The molecule has 23 heavy (non-hydrogen) atoms. The molecule has 124 valence electrons. The van der Waals surface area contributed by atoms with Crippen LogP contribution in [0.2, 0.25) is 0 Å². The first-order valence-corrected chi connectivity index (χ1v) is 8.59. The third-order valence-corrected chi connectivity index (χ3v) is 4.69. The van der Waals surface area contributed by atoms with Crippen molar-refractivity contribution in [3.8, 4) is 0 Å². The van der Waals surface area contributed by atoms with Gasteiger partial charge in [0.25, 0.3) is 0 Å². The molecule has 1 aromatic carbocycles. The van der Waals surface area contributed by atoms with E-state index in [1.54, 1.807) is 4.90 Å². The van der Waals surface area contributed by atoms with Gasteiger partial charge in [0.2, 0.25) is 5.91 Å². The number of piperazine rings is 1. The van der Waals surface area contributed by atoms with Crippen molar-refractivity contribution < 1.29 is 9.59 Å². The molecule has 0 aromatic heterocycles. The summed E-state index contributed by atoms with van der Waals surface area (Å²) < 4.78 is 0. The van der Waals surface area contributed by atoms with Gasteiger partial charge in [-0.1, -0.05) is 49.6 Å². The maximum atomic E-state index is 12.4. The molecule has 1 atom stereocenters. The normalized spacial score (nSPS) is 22.5. The van der Waals surface area contributed by atoms with Crippen LogP contribution in [0, 0.1) is 0 Å². The van der Waals surface area contributed by atoms with Crippen molar-refractivity contribution in [1.29, 1.82) is 0 Å². The Morgan fingerprint density at radius 2 is 1.91 bits per heavy atom. The third-order valence-electron chi connectivity index (χ3n) is 4.69. The van der Waals surface area contributed by atoms with E-state index in [1.165, 1.54) is 24.8 Å². The van der Waals surface area contributed by atoms with Crippen molar-refractivity contribution in [1.82, 2.24) is 15.5 Å². The number of hydrogen-bond donors (Lipinski definition) is 2. The lowest BCUT2D eigenvalue weighted by atomic mass is 9.96. The van der Waals surface area contributed by atoms with Crippen molar-refractivity contribution in [3.05, 3.63) is 35.9 Å². The largest absolute Gasteiger partial charge is 0.350 e. The molecule has 0 unspecified atom stereocenters. The average molecular weight is 315 g/mol. The highest BCUT2D eigenvalue weighted by Gasteiger charge is 2.29. The monoisotopic (exact) mass is 315 g/mol. The first-order valence-electron chi connectivity index (χ1n) is 8.59. The van der Waals surface area contributed by atoms with Gasteiger partial charge in [0.1, 0.15) is 6.54 Å². The Hall–Kier alpha value is -2.04. The van der Waals surface area contributed by atoms with E-state index in [0.29, 0.717) is 6.54 Å². The maximum Gasteiger partial charge on any atom is 0.318 e. The van der Waals surface area contributed by atoms with E-state index in [-0.39, 0.29) is 30.6 Å². The molecule has 5 heteroatoms. The Kier molecular flexibility index (Phi) is 5.16. The van der Waals surface area contributed by atoms with Crippen LogP contribution in [0.15, 0.2) is 30.3 Å². The summed E-state index contributed by atoms with van der Waals surface area (Å²) in [6, 6.07) is 10.2. The molecule has 1 heterocycles. The van der Waals surface area contributed by atoms with E-state index in [1.807, 2.05) is 30.3 Å². The lowest BCUT2D eigenvalue weighted by Gasteiger charge is -2.34. The molecular formula is C18H25N3O2. The number of carbonyl (C=O) groups excluding carboxylic acids is 2. The van der Waals surface area contributed by atoms with E-state index in [4.69, 9.17) is 0 Å². The van der Waals surface area contributed by atoms with Gasteiger partial charge in [0.15, 0.2) is 0 Å². The molecule has 1 saturated carbocycles. The third kappa shape index (κ3) is 4.47. The second-order valence-corrected chi connectivity index (χ2v) is 6.62. The van der Waals surface area contributed by atoms with E-state index in [0.717, 1.165) is 19.3 Å². The highest BCUT2D eigenvalue weighted by molar-refractivity contribution is 5.85. The number of hydrogen-bond acceptors (Lipinski definition) is 2. The van der Waals surface area contributed by atoms with Crippen LogP contribution in [0.5, 0.6) is 0 Å². The zero-order valence-corrected chi connectivity index (χ0v) is 13.5. The summed E-state index contributed by atoms with van der Waals surface area (Å²) in [6.07, 6.45) is 6.49. The first-order chi connectivity index (χ1) is 11.2. The molecule has 1 saturated heterocycles. The summed E-state index contributed by atoms with van der Waals surface area (Å²) in [5, 5.41) is 6.09. The summed E-state index contributed by atoms with van der Waals surface area (Å²) in [6.45, 7) is 0.725. The minimum Gasteiger partial charge on any atom is -0.350 e. The van der Waals surface area contributed by atoms with Crippen LogP contribution >= 0.6 is 0 Å². The standard InChI is InChI=1S/C18H25N3O2/c22-17-13-21(18(23)20-15-9-5-2-6-10-15)12-16(19-17)11-14-7-3-1-4-8-14/h1,3-4,7-8,15-16H,2,5-6,9-13H2,(H,19,22)(H,20,23)/t16-/m0/s1. The number of amides is 3. The molecule has 1 aliphatic carbocycles. The fraction of sp³-hybridized carbons (Fsp3) is 0.556. The van der Waals surface area contributed by atoms with Gasteiger partial charge in [-0.2, -0.15) is 0 Å². The molecular weight excluding hydrogens is 290 g/mol. The predicted octanol–water partition coefficient (Wildman–Crippen LogP) is 2.07. The summed E-state index contributed by atoms with van der Waals surface area (Å²) in [5.74, 6) is -0.0732. The lowest BCUT2D eigenvalue weighted by molar-refractivity contribution is -0.124. The Morgan fingerprint density at radius 3 is 2.65 bits per heavy atom.